The highest BCUT2D eigenvalue weighted by atomic mass is 16.2. The molecule has 1 fully saturated rings. The summed E-state index contributed by atoms with van der Waals surface area (Å²) in [6, 6.07) is 0.127. The molecule has 92 valence electrons. The molecule has 2 unspecified atom stereocenters. The Hall–Kier alpha value is -1.14. The minimum atomic E-state index is -0.280. The molecule has 16 heavy (non-hydrogen) atoms. The molecule has 1 rings (SSSR count). The van der Waals surface area contributed by atoms with Crippen LogP contribution in [0.4, 0.5) is 0 Å². The average molecular weight is 228 g/mol. The monoisotopic (exact) mass is 228 g/mol. The number of likely N-dealkylation sites (tertiary alicyclic amines) is 1. The van der Waals surface area contributed by atoms with E-state index in [1.165, 1.54) is 6.92 Å². The molecule has 0 bridgehead atoms. The molecule has 0 aromatic heterocycles. The van der Waals surface area contributed by atoms with E-state index in [9.17, 15) is 9.59 Å². The van der Waals surface area contributed by atoms with Gasteiger partial charge in [0.05, 0.1) is 6.54 Å². The second-order valence-corrected chi connectivity index (χ2v) is 4.39. The number of hydrazine groups is 1. The van der Waals surface area contributed by atoms with Crippen molar-refractivity contribution < 1.29 is 9.59 Å². The van der Waals surface area contributed by atoms with Crippen LogP contribution in [0, 0.1) is 5.92 Å². The number of nitrogens with two attached hydrogens (primary N) is 1. The van der Waals surface area contributed by atoms with Crippen molar-refractivity contribution in [2.45, 2.75) is 26.3 Å². The molecule has 6 nitrogen and oxygen atoms in total. The predicted octanol–water partition coefficient (Wildman–Crippen LogP) is -1.18. The molecule has 4 N–H and O–H groups in total. The van der Waals surface area contributed by atoms with Crippen LogP contribution in [0.5, 0.6) is 0 Å². The van der Waals surface area contributed by atoms with Crippen LogP contribution < -0.4 is 16.6 Å². The Balaban J connectivity index is 2.26. The van der Waals surface area contributed by atoms with Crippen LogP contribution in [0.2, 0.25) is 0 Å². The van der Waals surface area contributed by atoms with E-state index in [1.54, 1.807) is 0 Å². The Morgan fingerprint density at radius 3 is 2.69 bits per heavy atom. The van der Waals surface area contributed by atoms with Crippen LogP contribution in [0.25, 0.3) is 0 Å². The molecular weight excluding hydrogens is 208 g/mol. The molecular formula is C10H20N4O2. The van der Waals surface area contributed by atoms with Gasteiger partial charge in [-0.1, -0.05) is 6.92 Å². The number of amides is 2. The minimum Gasteiger partial charge on any atom is -0.326 e. The summed E-state index contributed by atoms with van der Waals surface area (Å²) >= 11 is 0. The number of nitrogens with zero attached hydrogens (tertiary/aromatic N) is 1. The van der Waals surface area contributed by atoms with Crippen molar-refractivity contribution >= 4 is 11.8 Å². The first-order valence-corrected chi connectivity index (χ1v) is 5.52. The van der Waals surface area contributed by atoms with E-state index in [2.05, 4.69) is 17.8 Å². The molecule has 0 spiro atoms. The summed E-state index contributed by atoms with van der Waals surface area (Å²) in [5, 5.41) is 0. The van der Waals surface area contributed by atoms with Crippen molar-refractivity contribution in [3.8, 4) is 0 Å². The molecule has 0 aliphatic carbocycles. The number of rotatable bonds is 2. The average Bonchev–Trinajstić information content (AvgIpc) is 2.21. The topological polar surface area (TPSA) is 87.5 Å². The number of hydrogen-bond acceptors (Lipinski definition) is 4. The highest BCUT2D eigenvalue weighted by molar-refractivity contribution is 5.81. The van der Waals surface area contributed by atoms with Crippen LogP contribution in [0.3, 0.4) is 0 Å². The first kappa shape index (κ1) is 12.9. The van der Waals surface area contributed by atoms with Crippen LogP contribution >= 0.6 is 0 Å². The third-order valence-corrected chi connectivity index (χ3v) is 2.85. The van der Waals surface area contributed by atoms with Crippen molar-refractivity contribution in [3.05, 3.63) is 0 Å². The summed E-state index contributed by atoms with van der Waals surface area (Å²) < 4.78 is 0. The molecule has 0 radical (unpaired) electrons. The first-order chi connectivity index (χ1) is 7.49. The lowest BCUT2D eigenvalue weighted by atomic mass is 9.94. The normalized spacial score (nSPS) is 26.2. The largest absolute Gasteiger partial charge is 0.326 e. The highest BCUT2D eigenvalue weighted by Crippen LogP contribution is 2.14. The number of hydrogen-bond donors (Lipinski definition) is 3. The molecule has 1 heterocycles. The quantitative estimate of drug-likeness (QED) is 0.519. The van der Waals surface area contributed by atoms with Gasteiger partial charge < -0.3 is 5.73 Å². The summed E-state index contributed by atoms with van der Waals surface area (Å²) in [5.41, 5.74) is 10.5. The van der Waals surface area contributed by atoms with Gasteiger partial charge in [0.15, 0.2) is 0 Å². The van der Waals surface area contributed by atoms with Gasteiger partial charge in [-0.3, -0.25) is 25.3 Å². The van der Waals surface area contributed by atoms with E-state index in [-0.39, 0.29) is 24.4 Å². The Morgan fingerprint density at radius 2 is 2.12 bits per heavy atom. The van der Waals surface area contributed by atoms with Gasteiger partial charge in [0.2, 0.25) is 5.91 Å². The second-order valence-electron chi connectivity index (χ2n) is 4.39. The lowest BCUT2D eigenvalue weighted by Gasteiger charge is -2.34. The van der Waals surface area contributed by atoms with Crippen molar-refractivity contribution in [1.82, 2.24) is 15.8 Å². The van der Waals surface area contributed by atoms with Gasteiger partial charge in [-0.2, -0.15) is 0 Å². The van der Waals surface area contributed by atoms with Gasteiger partial charge in [0, 0.05) is 19.5 Å². The fourth-order valence-electron chi connectivity index (χ4n) is 1.71. The molecule has 0 aromatic rings. The fourth-order valence-corrected chi connectivity index (χ4v) is 1.71. The standard InChI is InChI=1S/C10H20N4O2/c1-7-3-4-14(5-9(7)11)6-10(16)13-12-8(2)15/h7,9H,3-6,11H2,1-2H3,(H,12,15)(H,13,16). The van der Waals surface area contributed by atoms with E-state index in [0.717, 1.165) is 19.5 Å². The summed E-state index contributed by atoms with van der Waals surface area (Å²) in [6.45, 7) is 5.36. The van der Waals surface area contributed by atoms with E-state index >= 15 is 0 Å². The van der Waals surface area contributed by atoms with Gasteiger partial charge in [0.1, 0.15) is 0 Å². The van der Waals surface area contributed by atoms with Crippen molar-refractivity contribution in [1.29, 1.82) is 0 Å². The van der Waals surface area contributed by atoms with E-state index in [0.29, 0.717) is 5.92 Å². The Bertz CT molecular complexity index is 270. The molecule has 2 atom stereocenters. The van der Waals surface area contributed by atoms with Gasteiger partial charge in [0.25, 0.3) is 5.91 Å². The van der Waals surface area contributed by atoms with E-state index < -0.39 is 0 Å². The third kappa shape index (κ3) is 4.16. The van der Waals surface area contributed by atoms with E-state index in [1.807, 2.05) is 4.90 Å². The van der Waals surface area contributed by atoms with Crippen LogP contribution in [0.1, 0.15) is 20.3 Å². The number of piperidine rings is 1. The number of carbonyl (C=O) groups is 2. The van der Waals surface area contributed by atoms with E-state index in [4.69, 9.17) is 5.73 Å². The maximum Gasteiger partial charge on any atom is 0.252 e. The Morgan fingerprint density at radius 1 is 1.44 bits per heavy atom. The van der Waals surface area contributed by atoms with Crippen molar-refractivity contribution in [2.24, 2.45) is 11.7 Å². The lowest BCUT2D eigenvalue weighted by Crippen LogP contribution is -2.52. The molecule has 0 saturated carbocycles. The zero-order chi connectivity index (χ0) is 12.1. The fraction of sp³-hybridized carbons (Fsp3) is 0.800. The summed E-state index contributed by atoms with van der Waals surface area (Å²) in [7, 11) is 0. The predicted molar refractivity (Wildman–Crippen MR) is 60.2 cm³/mol. The summed E-state index contributed by atoms with van der Waals surface area (Å²) in [6.07, 6.45) is 1.01. The van der Waals surface area contributed by atoms with Gasteiger partial charge in [-0.25, -0.2) is 0 Å². The molecule has 1 aliphatic heterocycles. The summed E-state index contributed by atoms with van der Waals surface area (Å²) in [4.78, 5) is 24.0. The van der Waals surface area contributed by atoms with Gasteiger partial charge in [-0.05, 0) is 18.9 Å². The maximum atomic E-state index is 11.4. The Labute approximate surface area is 95.5 Å². The smallest absolute Gasteiger partial charge is 0.252 e. The molecule has 2 amide bonds. The molecule has 1 aliphatic rings. The first-order valence-electron chi connectivity index (χ1n) is 5.52. The molecule has 0 aromatic carbocycles. The van der Waals surface area contributed by atoms with Crippen LogP contribution in [-0.2, 0) is 9.59 Å². The molecule has 1 saturated heterocycles. The molecule has 6 heteroatoms. The zero-order valence-corrected chi connectivity index (χ0v) is 9.82. The Kier molecular flexibility index (Phi) is 4.70. The van der Waals surface area contributed by atoms with Crippen LogP contribution in [0.15, 0.2) is 0 Å². The van der Waals surface area contributed by atoms with Crippen molar-refractivity contribution in [3.63, 3.8) is 0 Å². The van der Waals surface area contributed by atoms with Gasteiger partial charge >= 0.3 is 0 Å². The lowest BCUT2D eigenvalue weighted by molar-refractivity contribution is -0.128. The summed E-state index contributed by atoms with van der Waals surface area (Å²) in [5.74, 6) is 0.0175. The third-order valence-electron chi connectivity index (χ3n) is 2.85. The highest BCUT2D eigenvalue weighted by Gasteiger charge is 2.24. The van der Waals surface area contributed by atoms with Crippen LogP contribution in [-0.4, -0.2) is 42.4 Å². The maximum absolute atomic E-state index is 11.4. The number of nitrogens with one attached hydrogen (secondary N) is 2. The SMILES string of the molecule is CC(=O)NNC(=O)CN1CCC(C)C(N)C1. The number of carbonyl (C=O) groups excluding carboxylic acids is 2. The second kappa shape index (κ2) is 5.81. The van der Waals surface area contributed by atoms with Gasteiger partial charge in [-0.15, -0.1) is 0 Å². The minimum absolute atomic E-state index is 0.127. The zero-order valence-electron chi connectivity index (χ0n) is 9.82. The van der Waals surface area contributed by atoms with Crippen molar-refractivity contribution in [2.75, 3.05) is 19.6 Å².